The molecule has 6 rings (SSSR count). The van der Waals surface area contributed by atoms with Gasteiger partial charge in [-0.05, 0) is 43.5 Å². The number of hydrogen-bond acceptors (Lipinski definition) is 4. The largest absolute Gasteiger partial charge is 0.358 e. The second kappa shape index (κ2) is 9.67. The molecule has 0 saturated heterocycles. The summed E-state index contributed by atoms with van der Waals surface area (Å²) in [6, 6.07) is 26.3. The monoisotopic (exact) mass is 505 g/mol. The van der Waals surface area contributed by atoms with Gasteiger partial charge in [-0.2, -0.15) is 4.68 Å². The summed E-state index contributed by atoms with van der Waals surface area (Å²) in [5.41, 5.74) is 7.48. The predicted molar refractivity (Wildman–Crippen MR) is 153 cm³/mol. The van der Waals surface area contributed by atoms with Crippen LogP contribution in [-0.4, -0.2) is 32.0 Å². The fourth-order valence-corrected chi connectivity index (χ4v) is 5.86. The van der Waals surface area contributed by atoms with Gasteiger partial charge in [0, 0.05) is 34.4 Å². The van der Waals surface area contributed by atoms with Crippen molar-refractivity contribution >= 4 is 38.2 Å². The summed E-state index contributed by atoms with van der Waals surface area (Å²) in [6.07, 6.45) is 1.45. The summed E-state index contributed by atoms with van der Waals surface area (Å²) in [4.78, 5) is 27.0. The van der Waals surface area contributed by atoms with Crippen LogP contribution in [0.5, 0.6) is 0 Å². The van der Waals surface area contributed by atoms with Gasteiger partial charge >= 0.3 is 0 Å². The first-order chi connectivity index (χ1) is 18.1. The van der Waals surface area contributed by atoms with Crippen LogP contribution in [-0.2, 0) is 6.42 Å². The number of H-pyrrole nitrogens is 2. The standard InChI is InChI=1S/C30H27N5OS/c1-3-23(31-18-17-21-19(2)32-24-14-8-7-13-22(21)24)27-28(20-11-5-4-6-12-20)34-35(29(27)36)30-33-25-15-9-10-16-26(25)37-30/h4-16,32,34H,3,17-18H2,1-2H3. The van der Waals surface area contributed by atoms with Crippen molar-refractivity contribution < 1.29 is 0 Å². The zero-order valence-electron chi connectivity index (χ0n) is 20.8. The van der Waals surface area contributed by atoms with Crippen molar-refractivity contribution in [1.82, 2.24) is 19.7 Å². The van der Waals surface area contributed by atoms with Gasteiger partial charge in [-0.25, -0.2) is 4.98 Å². The van der Waals surface area contributed by atoms with E-state index >= 15 is 0 Å². The van der Waals surface area contributed by atoms with Crippen molar-refractivity contribution in [3.63, 3.8) is 0 Å². The molecule has 0 aliphatic carbocycles. The molecule has 0 spiro atoms. The van der Waals surface area contributed by atoms with Crippen LogP contribution in [0.25, 0.3) is 37.5 Å². The van der Waals surface area contributed by atoms with Gasteiger partial charge < -0.3 is 4.98 Å². The number of nitrogens with zero attached hydrogens (tertiary/aromatic N) is 3. The maximum absolute atomic E-state index is 13.9. The van der Waals surface area contributed by atoms with Crippen LogP contribution in [0.2, 0.25) is 0 Å². The second-order valence-electron chi connectivity index (χ2n) is 9.04. The van der Waals surface area contributed by atoms with Crippen molar-refractivity contribution in [3.8, 4) is 16.4 Å². The molecule has 6 aromatic rings. The quantitative estimate of drug-likeness (QED) is 0.238. The zero-order valence-corrected chi connectivity index (χ0v) is 21.6. The molecule has 0 atom stereocenters. The normalized spacial score (nSPS) is 12.1. The van der Waals surface area contributed by atoms with E-state index in [-0.39, 0.29) is 5.56 Å². The minimum atomic E-state index is -0.123. The maximum atomic E-state index is 13.9. The molecule has 0 aliphatic rings. The molecule has 0 amide bonds. The molecule has 0 saturated carbocycles. The van der Waals surface area contributed by atoms with Gasteiger partial charge in [0.15, 0.2) is 0 Å². The van der Waals surface area contributed by atoms with E-state index in [9.17, 15) is 4.79 Å². The van der Waals surface area contributed by atoms with E-state index in [0.717, 1.165) is 39.1 Å². The van der Waals surface area contributed by atoms with Crippen LogP contribution in [0.15, 0.2) is 88.6 Å². The number of rotatable bonds is 7. The van der Waals surface area contributed by atoms with Crippen LogP contribution in [0.1, 0.15) is 30.2 Å². The first kappa shape index (κ1) is 23.2. The Balaban J connectivity index is 1.42. The van der Waals surface area contributed by atoms with Gasteiger partial charge in [0.1, 0.15) is 0 Å². The van der Waals surface area contributed by atoms with Crippen molar-refractivity contribution in [2.24, 2.45) is 4.99 Å². The smallest absolute Gasteiger partial charge is 0.283 e. The molecule has 6 nitrogen and oxygen atoms in total. The third-order valence-electron chi connectivity index (χ3n) is 6.74. The van der Waals surface area contributed by atoms with Gasteiger partial charge in [-0.3, -0.25) is 14.9 Å². The molecule has 37 heavy (non-hydrogen) atoms. The molecule has 0 unspecified atom stereocenters. The Labute approximate surface area is 218 Å². The summed E-state index contributed by atoms with van der Waals surface area (Å²) in [5.74, 6) is 0. The van der Waals surface area contributed by atoms with Crippen LogP contribution in [0, 0.1) is 6.92 Å². The Morgan fingerprint density at radius 2 is 1.76 bits per heavy atom. The van der Waals surface area contributed by atoms with Crippen molar-refractivity contribution in [1.29, 1.82) is 0 Å². The minimum Gasteiger partial charge on any atom is -0.358 e. The van der Waals surface area contributed by atoms with Crippen LogP contribution >= 0.6 is 11.3 Å². The number of aliphatic imine (C=N–C) groups is 1. The van der Waals surface area contributed by atoms with E-state index in [0.29, 0.717) is 23.7 Å². The van der Waals surface area contributed by atoms with Crippen molar-refractivity contribution in [2.45, 2.75) is 26.7 Å². The van der Waals surface area contributed by atoms with E-state index in [2.05, 4.69) is 42.1 Å². The Kier molecular flexibility index (Phi) is 6.06. The molecule has 0 fully saturated rings. The third-order valence-corrected chi connectivity index (χ3v) is 7.76. The summed E-state index contributed by atoms with van der Waals surface area (Å²) in [7, 11) is 0. The minimum absolute atomic E-state index is 0.123. The van der Waals surface area contributed by atoms with Crippen LogP contribution in [0.3, 0.4) is 0 Å². The summed E-state index contributed by atoms with van der Waals surface area (Å²) < 4.78 is 2.61. The average Bonchev–Trinajstić information content (AvgIpc) is 3.60. The number of nitrogens with one attached hydrogen (secondary N) is 2. The molecule has 7 heteroatoms. The SMILES string of the molecule is CCC(=NCCc1c(C)[nH]c2ccccc12)c1c(-c2ccccc2)[nH]n(-c2nc3ccccc3s2)c1=O. The number of aromatic nitrogens is 4. The highest BCUT2D eigenvalue weighted by molar-refractivity contribution is 7.20. The first-order valence-corrected chi connectivity index (χ1v) is 13.3. The number of thiazole rings is 1. The highest BCUT2D eigenvalue weighted by Crippen LogP contribution is 2.27. The number of fused-ring (bicyclic) bond motifs is 2. The Morgan fingerprint density at radius 1 is 1.00 bits per heavy atom. The van der Waals surface area contributed by atoms with E-state index < -0.39 is 0 Å². The topological polar surface area (TPSA) is 78.8 Å². The van der Waals surface area contributed by atoms with E-state index in [1.54, 1.807) is 4.68 Å². The van der Waals surface area contributed by atoms with Crippen LogP contribution in [0.4, 0.5) is 0 Å². The van der Waals surface area contributed by atoms with Gasteiger partial charge in [0.05, 0.1) is 21.5 Å². The molecule has 3 aromatic carbocycles. The fraction of sp³-hybridized carbons (Fsp3) is 0.167. The third kappa shape index (κ3) is 4.21. The van der Waals surface area contributed by atoms with Crippen molar-refractivity contribution in [2.75, 3.05) is 6.54 Å². The lowest BCUT2D eigenvalue weighted by atomic mass is 10.0. The number of para-hydroxylation sites is 2. The van der Waals surface area contributed by atoms with E-state index in [4.69, 9.17) is 9.98 Å². The van der Waals surface area contributed by atoms with Crippen molar-refractivity contribution in [3.05, 3.63) is 106 Å². The van der Waals surface area contributed by atoms with E-state index in [1.165, 1.54) is 28.0 Å². The van der Waals surface area contributed by atoms with Crippen LogP contribution < -0.4 is 5.56 Å². The summed E-state index contributed by atoms with van der Waals surface area (Å²) in [6.45, 7) is 4.76. The van der Waals surface area contributed by atoms with Gasteiger partial charge in [0.2, 0.25) is 5.13 Å². The lowest BCUT2D eigenvalue weighted by Gasteiger charge is -2.06. The number of benzene rings is 3. The maximum Gasteiger partial charge on any atom is 0.283 e. The molecule has 3 heterocycles. The number of aryl methyl sites for hydroxylation is 1. The molecule has 2 N–H and O–H groups in total. The highest BCUT2D eigenvalue weighted by atomic mass is 32.1. The molecule has 0 aliphatic heterocycles. The fourth-order valence-electron chi connectivity index (χ4n) is 4.94. The summed E-state index contributed by atoms with van der Waals surface area (Å²) >= 11 is 1.50. The molecule has 0 radical (unpaired) electrons. The molecule has 3 aromatic heterocycles. The predicted octanol–water partition coefficient (Wildman–Crippen LogP) is 6.67. The second-order valence-corrected chi connectivity index (χ2v) is 10.0. The zero-order chi connectivity index (χ0) is 25.4. The number of aromatic amines is 2. The lowest BCUT2D eigenvalue weighted by Crippen LogP contribution is -2.20. The number of hydrogen-bond donors (Lipinski definition) is 2. The average molecular weight is 506 g/mol. The Morgan fingerprint density at radius 3 is 2.57 bits per heavy atom. The first-order valence-electron chi connectivity index (χ1n) is 12.5. The summed E-state index contributed by atoms with van der Waals surface area (Å²) in [5, 5.41) is 5.22. The Bertz CT molecular complexity index is 1770. The molecule has 184 valence electrons. The Hall–Kier alpha value is -4.23. The van der Waals surface area contributed by atoms with Gasteiger partial charge in [0.25, 0.3) is 5.56 Å². The van der Waals surface area contributed by atoms with Gasteiger partial charge in [-0.15, -0.1) is 0 Å². The molecular formula is C30H27N5OS. The van der Waals surface area contributed by atoms with E-state index in [1.807, 2.05) is 60.7 Å². The lowest BCUT2D eigenvalue weighted by molar-refractivity contribution is 0.845. The molecular weight excluding hydrogens is 478 g/mol. The van der Waals surface area contributed by atoms with Gasteiger partial charge in [-0.1, -0.05) is 78.9 Å². The molecule has 0 bridgehead atoms. The highest BCUT2D eigenvalue weighted by Gasteiger charge is 2.22.